The number of aromatic nitrogens is 1. The van der Waals surface area contributed by atoms with Crippen LogP contribution in [-0.4, -0.2) is 48.2 Å². The van der Waals surface area contributed by atoms with Crippen LogP contribution in [0.3, 0.4) is 0 Å². The summed E-state index contributed by atoms with van der Waals surface area (Å²) in [4.78, 5) is 6.58. The van der Waals surface area contributed by atoms with E-state index in [4.69, 9.17) is 4.74 Å². The van der Waals surface area contributed by atoms with Crippen LogP contribution in [0.15, 0.2) is 54.9 Å². The van der Waals surface area contributed by atoms with Gasteiger partial charge >= 0.3 is 0 Å². The van der Waals surface area contributed by atoms with Crippen LogP contribution in [-0.2, 0) is 0 Å². The summed E-state index contributed by atoms with van der Waals surface area (Å²) < 4.78 is 5.75. The Labute approximate surface area is 150 Å². The number of nitrogens with zero attached hydrogens (tertiary/aromatic N) is 2. The fourth-order valence-corrected chi connectivity index (χ4v) is 3.80. The third-order valence-electron chi connectivity index (χ3n) is 5.37. The molecule has 132 valence electrons. The Morgan fingerprint density at radius 1 is 1.08 bits per heavy atom. The monoisotopic (exact) mass is 337 g/mol. The highest BCUT2D eigenvalue weighted by Gasteiger charge is 2.39. The van der Waals surface area contributed by atoms with Gasteiger partial charge in [-0.1, -0.05) is 30.3 Å². The first-order valence-corrected chi connectivity index (χ1v) is 9.44. The predicted octanol–water partition coefficient (Wildman–Crippen LogP) is 3.07. The Kier molecular flexibility index (Phi) is 5.28. The Balaban J connectivity index is 1.13. The SMILES string of the molecule is c1ccc([C@@H]2C[C@H]2NC2CCN(CCOc3cccnc3)CC2)cc1. The van der Waals surface area contributed by atoms with E-state index in [-0.39, 0.29) is 0 Å². The summed E-state index contributed by atoms with van der Waals surface area (Å²) in [7, 11) is 0. The minimum Gasteiger partial charge on any atom is -0.491 e. The molecule has 4 heteroatoms. The van der Waals surface area contributed by atoms with Gasteiger partial charge in [-0.25, -0.2) is 0 Å². The van der Waals surface area contributed by atoms with Crippen LogP contribution in [0.25, 0.3) is 0 Å². The molecule has 1 saturated carbocycles. The van der Waals surface area contributed by atoms with E-state index in [0.29, 0.717) is 12.1 Å². The van der Waals surface area contributed by atoms with Crippen molar-refractivity contribution in [2.75, 3.05) is 26.2 Å². The Morgan fingerprint density at radius 3 is 2.68 bits per heavy atom. The minimum absolute atomic E-state index is 0.675. The lowest BCUT2D eigenvalue weighted by Gasteiger charge is -2.32. The molecule has 1 aromatic carbocycles. The van der Waals surface area contributed by atoms with Gasteiger partial charge < -0.3 is 10.1 Å². The number of hydrogen-bond donors (Lipinski definition) is 1. The molecular formula is C21H27N3O. The van der Waals surface area contributed by atoms with Crippen molar-refractivity contribution in [3.63, 3.8) is 0 Å². The second-order valence-corrected chi connectivity index (χ2v) is 7.18. The molecule has 4 nitrogen and oxygen atoms in total. The molecule has 1 saturated heterocycles. The molecule has 0 spiro atoms. The smallest absolute Gasteiger partial charge is 0.137 e. The van der Waals surface area contributed by atoms with Crippen LogP contribution in [0.1, 0.15) is 30.7 Å². The minimum atomic E-state index is 0.675. The summed E-state index contributed by atoms with van der Waals surface area (Å²) in [6.07, 6.45) is 7.32. The molecule has 1 aromatic heterocycles. The number of pyridine rings is 1. The Hall–Kier alpha value is -1.91. The van der Waals surface area contributed by atoms with Crippen LogP contribution in [0.4, 0.5) is 0 Å². The molecule has 1 aliphatic carbocycles. The van der Waals surface area contributed by atoms with Gasteiger partial charge in [0.25, 0.3) is 0 Å². The van der Waals surface area contributed by atoms with Crippen molar-refractivity contribution in [3.05, 3.63) is 60.4 Å². The van der Waals surface area contributed by atoms with E-state index in [2.05, 4.69) is 45.5 Å². The standard InChI is InChI=1S/C21H27N3O/c1-2-5-17(6-3-1)20-15-21(20)23-18-8-11-24(12-9-18)13-14-25-19-7-4-10-22-16-19/h1-7,10,16,18,20-21,23H,8-9,11-15H2/t20-,21+/m0/s1. The summed E-state index contributed by atoms with van der Waals surface area (Å²) in [5.74, 6) is 1.59. The number of likely N-dealkylation sites (tertiary alicyclic amines) is 1. The normalized spacial score (nSPS) is 24.2. The fraction of sp³-hybridized carbons (Fsp3) is 0.476. The first-order chi connectivity index (χ1) is 12.4. The highest BCUT2D eigenvalue weighted by molar-refractivity contribution is 5.27. The average molecular weight is 337 g/mol. The van der Waals surface area contributed by atoms with Gasteiger partial charge in [-0.2, -0.15) is 0 Å². The van der Waals surface area contributed by atoms with Gasteiger partial charge in [-0.3, -0.25) is 9.88 Å². The summed E-state index contributed by atoms with van der Waals surface area (Å²) >= 11 is 0. The van der Waals surface area contributed by atoms with Crippen LogP contribution >= 0.6 is 0 Å². The highest BCUT2D eigenvalue weighted by atomic mass is 16.5. The zero-order chi connectivity index (χ0) is 16.9. The Bertz CT molecular complexity index is 641. The lowest BCUT2D eigenvalue weighted by molar-refractivity contribution is 0.164. The second-order valence-electron chi connectivity index (χ2n) is 7.18. The van der Waals surface area contributed by atoms with Gasteiger partial charge in [0, 0.05) is 30.7 Å². The lowest BCUT2D eigenvalue weighted by Crippen LogP contribution is -2.44. The van der Waals surface area contributed by atoms with Crippen molar-refractivity contribution in [3.8, 4) is 5.75 Å². The average Bonchev–Trinajstić information content (AvgIpc) is 3.44. The fourth-order valence-electron chi connectivity index (χ4n) is 3.80. The van der Waals surface area contributed by atoms with Crippen LogP contribution < -0.4 is 10.1 Å². The maximum absolute atomic E-state index is 5.75. The first kappa shape index (κ1) is 16.6. The molecule has 0 radical (unpaired) electrons. The van der Waals surface area contributed by atoms with Gasteiger partial charge in [0.15, 0.2) is 0 Å². The quantitative estimate of drug-likeness (QED) is 0.842. The van der Waals surface area contributed by atoms with Gasteiger partial charge in [0.05, 0.1) is 6.20 Å². The van der Waals surface area contributed by atoms with Gasteiger partial charge in [-0.05, 0) is 50.0 Å². The van der Waals surface area contributed by atoms with Gasteiger partial charge in [0.2, 0.25) is 0 Å². The molecule has 0 bridgehead atoms. The number of piperidine rings is 1. The third-order valence-corrected chi connectivity index (χ3v) is 5.37. The van der Waals surface area contributed by atoms with E-state index < -0.39 is 0 Å². The molecule has 2 aliphatic rings. The van der Waals surface area contributed by atoms with Crippen molar-refractivity contribution >= 4 is 0 Å². The maximum Gasteiger partial charge on any atom is 0.137 e. The number of rotatable bonds is 7. The topological polar surface area (TPSA) is 37.4 Å². The van der Waals surface area contributed by atoms with E-state index in [1.807, 2.05) is 12.1 Å². The number of hydrogen-bond acceptors (Lipinski definition) is 4. The molecule has 0 unspecified atom stereocenters. The van der Waals surface area contributed by atoms with Gasteiger partial charge in [-0.15, -0.1) is 0 Å². The van der Waals surface area contributed by atoms with E-state index in [9.17, 15) is 0 Å². The summed E-state index contributed by atoms with van der Waals surface area (Å²) in [6, 6.07) is 16.2. The molecule has 1 N–H and O–H groups in total. The molecule has 2 atom stereocenters. The predicted molar refractivity (Wildman–Crippen MR) is 99.9 cm³/mol. The molecule has 2 fully saturated rings. The van der Waals surface area contributed by atoms with E-state index in [0.717, 1.165) is 37.9 Å². The highest BCUT2D eigenvalue weighted by Crippen LogP contribution is 2.41. The summed E-state index contributed by atoms with van der Waals surface area (Å²) in [6.45, 7) is 4.06. The van der Waals surface area contributed by atoms with Crippen molar-refractivity contribution in [1.82, 2.24) is 15.2 Å². The van der Waals surface area contributed by atoms with E-state index >= 15 is 0 Å². The third kappa shape index (κ3) is 4.59. The largest absolute Gasteiger partial charge is 0.491 e. The molecule has 2 heterocycles. The molecule has 1 aliphatic heterocycles. The number of ether oxygens (including phenoxy) is 1. The maximum atomic E-state index is 5.75. The number of benzene rings is 1. The molecule has 2 aromatic rings. The van der Waals surface area contributed by atoms with Crippen molar-refractivity contribution < 1.29 is 4.74 Å². The van der Waals surface area contributed by atoms with E-state index in [1.165, 1.54) is 24.8 Å². The zero-order valence-electron chi connectivity index (χ0n) is 14.7. The first-order valence-electron chi connectivity index (χ1n) is 9.44. The molecular weight excluding hydrogens is 310 g/mol. The van der Waals surface area contributed by atoms with Gasteiger partial charge in [0.1, 0.15) is 12.4 Å². The molecule has 4 rings (SSSR count). The number of nitrogens with one attached hydrogen (secondary N) is 1. The molecule has 25 heavy (non-hydrogen) atoms. The van der Waals surface area contributed by atoms with E-state index in [1.54, 1.807) is 12.4 Å². The van der Waals surface area contributed by atoms with Crippen molar-refractivity contribution in [1.29, 1.82) is 0 Å². The lowest BCUT2D eigenvalue weighted by atomic mass is 10.0. The second kappa shape index (κ2) is 7.98. The summed E-state index contributed by atoms with van der Waals surface area (Å²) in [5, 5.41) is 3.88. The Morgan fingerprint density at radius 2 is 1.92 bits per heavy atom. The summed E-state index contributed by atoms with van der Waals surface area (Å²) in [5.41, 5.74) is 1.49. The van der Waals surface area contributed by atoms with Crippen molar-refractivity contribution in [2.24, 2.45) is 0 Å². The van der Waals surface area contributed by atoms with Crippen LogP contribution in [0, 0.1) is 0 Å². The van der Waals surface area contributed by atoms with Crippen molar-refractivity contribution in [2.45, 2.75) is 37.3 Å². The van der Waals surface area contributed by atoms with Crippen LogP contribution in [0.5, 0.6) is 5.75 Å². The zero-order valence-corrected chi connectivity index (χ0v) is 14.7. The van der Waals surface area contributed by atoms with Crippen LogP contribution in [0.2, 0.25) is 0 Å². The molecule has 0 amide bonds.